The lowest BCUT2D eigenvalue weighted by Gasteiger charge is -2.15. The van der Waals surface area contributed by atoms with Crippen LogP contribution in [0.4, 0.5) is 4.79 Å². The van der Waals surface area contributed by atoms with E-state index in [0.29, 0.717) is 24.8 Å². The van der Waals surface area contributed by atoms with Crippen molar-refractivity contribution in [3.63, 3.8) is 0 Å². The predicted octanol–water partition coefficient (Wildman–Crippen LogP) is 2.61. The van der Waals surface area contributed by atoms with Gasteiger partial charge in [0.2, 0.25) is 0 Å². The second-order valence-corrected chi connectivity index (χ2v) is 5.95. The van der Waals surface area contributed by atoms with Crippen molar-refractivity contribution >= 4 is 12.0 Å². The average Bonchev–Trinajstić information content (AvgIpc) is 3.24. The van der Waals surface area contributed by atoms with Crippen LogP contribution in [0.25, 0.3) is 0 Å². The van der Waals surface area contributed by atoms with Crippen LogP contribution in [0.5, 0.6) is 0 Å². The third-order valence-corrected chi connectivity index (χ3v) is 4.19. The number of carboxylic acid groups (broad SMARTS) is 1. The van der Waals surface area contributed by atoms with Gasteiger partial charge >= 0.3 is 12.0 Å². The maximum Gasteiger partial charge on any atom is 0.314 e. The number of rotatable bonds is 10. The molecule has 0 aromatic heterocycles. The molecule has 116 valence electrons. The van der Waals surface area contributed by atoms with Crippen LogP contribution in [-0.4, -0.2) is 30.2 Å². The number of amides is 2. The molecular weight excluding hydrogens is 256 g/mol. The minimum Gasteiger partial charge on any atom is -0.481 e. The van der Waals surface area contributed by atoms with E-state index in [9.17, 15) is 9.59 Å². The number of carbonyl (C=O) groups is 2. The van der Waals surface area contributed by atoms with E-state index in [-0.39, 0.29) is 12.5 Å². The number of hydrogen-bond acceptors (Lipinski definition) is 2. The molecule has 1 aliphatic carbocycles. The van der Waals surface area contributed by atoms with Crippen molar-refractivity contribution in [2.24, 2.45) is 17.8 Å². The van der Waals surface area contributed by atoms with Gasteiger partial charge in [-0.1, -0.05) is 20.3 Å². The maximum atomic E-state index is 11.6. The molecule has 2 amide bonds. The number of carbonyl (C=O) groups excluding carboxylic acids is 1. The first-order valence-corrected chi connectivity index (χ1v) is 7.76. The van der Waals surface area contributed by atoms with E-state index >= 15 is 0 Å². The molecule has 0 radical (unpaired) electrons. The Morgan fingerprint density at radius 3 is 2.50 bits per heavy atom. The Bertz CT molecular complexity index is 316. The summed E-state index contributed by atoms with van der Waals surface area (Å²) >= 11 is 0. The van der Waals surface area contributed by atoms with E-state index in [1.165, 1.54) is 12.8 Å². The Labute approximate surface area is 121 Å². The standard InChI is InChI=1S/C15H28N2O3/c1-3-12(4-7-14(18)19)8-9-16-15(20)17-10-11(2)13-5-6-13/h11-13H,3-10H2,1-2H3,(H,18,19)(H2,16,17,20). The van der Waals surface area contributed by atoms with Gasteiger partial charge in [-0.2, -0.15) is 0 Å². The summed E-state index contributed by atoms with van der Waals surface area (Å²) in [6, 6.07) is -0.106. The fraction of sp³-hybridized carbons (Fsp3) is 0.867. The number of carboxylic acids is 1. The Hall–Kier alpha value is -1.26. The van der Waals surface area contributed by atoms with Crippen LogP contribution in [-0.2, 0) is 4.79 Å². The van der Waals surface area contributed by atoms with Crippen LogP contribution in [0.3, 0.4) is 0 Å². The molecule has 2 unspecified atom stereocenters. The van der Waals surface area contributed by atoms with Crippen LogP contribution in [0.1, 0.15) is 52.4 Å². The van der Waals surface area contributed by atoms with Crippen molar-refractivity contribution in [3.05, 3.63) is 0 Å². The minimum absolute atomic E-state index is 0.106. The van der Waals surface area contributed by atoms with Crippen molar-refractivity contribution in [1.82, 2.24) is 10.6 Å². The van der Waals surface area contributed by atoms with E-state index in [4.69, 9.17) is 5.11 Å². The summed E-state index contributed by atoms with van der Waals surface area (Å²) in [4.78, 5) is 22.1. The van der Waals surface area contributed by atoms with Crippen LogP contribution < -0.4 is 10.6 Å². The molecule has 0 saturated heterocycles. The third-order valence-electron chi connectivity index (χ3n) is 4.19. The summed E-state index contributed by atoms with van der Waals surface area (Å²) in [5.74, 6) is 0.996. The lowest BCUT2D eigenvalue weighted by atomic mass is 9.97. The highest BCUT2D eigenvalue weighted by Crippen LogP contribution is 2.35. The monoisotopic (exact) mass is 284 g/mol. The van der Waals surface area contributed by atoms with E-state index in [2.05, 4.69) is 24.5 Å². The van der Waals surface area contributed by atoms with E-state index < -0.39 is 5.97 Å². The Balaban J connectivity index is 2.05. The lowest BCUT2D eigenvalue weighted by molar-refractivity contribution is -0.137. The van der Waals surface area contributed by atoms with Gasteiger partial charge in [0, 0.05) is 19.5 Å². The molecule has 1 aliphatic rings. The van der Waals surface area contributed by atoms with Crippen LogP contribution in [0.2, 0.25) is 0 Å². The molecule has 1 saturated carbocycles. The molecule has 3 N–H and O–H groups in total. The van der Waals surface area contributed by atoms with E-state index in [0.717, 1.165) is 25.3 Å². The van der Waals surface area contributed by atoms with Crippen LogP contribution in [0.15, 0.2) is 0 Å². The van der Waals surface area contributed by atoms with Crippen molar-refractivity contribution < 1.29 is 14.7 Å². The van der Waals surface area contributed by atoms with Gasteiger partial charge < -0.3 is 15.7 Å². The van der Waals surface area contributed by atoms with Crippen LogP contribution in [0, 0.1) is 17.8 Å². The molecule has 1 rings (SSSR count). The highest BCUT2D eigenvalue weighted by Gasteiger charge is 2.27. The maximum absolute atomic E-state index is 11.6. The Morgan fingerprint density at radius 1 is 1.25 bits per heavy atom. The largest absolute Gasteiger partial charge is 0.481 e. The summed E-state index contributed by atoms with van der Waals surface area (Å²) in [6.45, 7) is 5.59. The fourth-order valence-corrected chi connectivity index (χ4v) is 2.42. The smallest absolute Gasteiger partial charge is 0.314 e. The fourth-order valence-electron chi connectivity index (χ4n) is 2.42. The minimum atomic E-state index is -0.747. The Morgan fingerprint density at radius 2 is 1.95 bits per heavy atom. The molecular formula is C15H28N2O3. The van der Waals surface area contributed by atoms with Crippen molar-refractivity contribution in [1.29, 1.82) is 0 Å². The van der Waals surface area contributed by atoms with Crippen molar-refractivity contribution in [2.45, 2.75) is 52.4 Å². The number of hydrogen-bond donors (Lipinski definition) is 3. The summed E-state index contributed by atoms with van der Waals surface area (Å²) in [7, 11) is 0. The average molecular weight is 284 g/mol. The Kier molecular flexibility index (Phi) is 7.41. The highest BCUT2D eigenvalue weighted by atomic mass is 16.4. The lowest BCUT2D eigenvalue weighted by Crippen LogP contribution is -2.39. The molecule has 0 spiro atoms. The number of nitrogens with one attached hydrogen (secondary N) is 2. The van der Waals surface area contributed by atoms with Gasteiger partial charge in [-0.05, 0) is 43.4 Å². The summed E-state index contributed by atoms with van der Waals surface area (Å²) < 4.78 is 0. The first-order chi connectivity index (χ1) is 9.52. The molecule has 0 aromatic carbocycles. The molecule has 20 heavy (non-hydrogen) atoms. The third kappa shape index (κ3) is 7.36. The quantitative estimate of drug-likeness (QED) is 0.577. The van der Waals surface area contributed by atoms with Gasteiger partial charge in [-0.25, -0.2) is 4.79 Å². The molecule has 5 heteroatoms. The van der Waals surface area contributed by atoms with Crippen molar-refractivity contribution in [2.75, 3.05) is 13.1 Å². The zero-order chi connectivity index (χ0) is 15.0. The van der Waals surface area contributed by atoms with Gasteiger partial charge in [0.05, 0.1) is 0 Å². The van der Waals surface area contributed by atoms with Gasteiger partial charge in [0.15, 0.2) is 0 Å². The molecule has 1 fully saturated rings. The topological polar surface area (TPSA) is 78.4 Å². The number of urea groups is 1. The van der Waals surface area contributed by atoms with Crippen LogP contribution >= 0.6 is 0 Å². The molecule has 0 aliphatic heterocycles. The summed E-state index contributed by atoms with van der Waals surface area (Å²) in [6.07, 6.45) is 5.29. The van der Waals surface area contributed by atoms with Gasteiger partial charge in [-0.15, -0.1) is 0 Å². The highest BCUT2D eigenvalue weighted by molar-refractivity contribution is 5.73. The zero-order valence-electron chi connectivity index (χ0n) is 12.7. The summed E-state index contributed by atoms with van der Waals surface area (Å²) in [5, 5.41) is 14.4. The van der Waals surface area contributed by atoms with Crippen molar-refractivity contribution in [3.8, 4) is 0 Å². The van der Waals surface area contributed by atoms with E-state index in [1.807, 2.05) is 0 Å². The molecule has 5 nitrogen and oxygen atoms in total. The molecule has 2 atom stereocenters. The second-order valence-electron chi connectivity index (χ2n) is 5.95. The first-order valence-electron chi connectivity index (χ1n) is 7.76. The number of aliphatic carboxylic acids is 1. The van der Waals surface area contributed by atoms with E-state index in [1.54, 1.807) is 0 Å². The van der Waals surface area contributed by atoms with Gasteiger partial charge in [0.25, 0.3) is 0 Å². The normalized spacial score (nSPS) is 17.3. The van der Waals surface area contributed by atoms with Gasteiger partial charge in [0.1, 0.15) is 0 Å². The zero-order valence-corrected chi connectivity index (χ0v) is 12.7. The molecule has 0 aromatic rings. The molecule has 0 bridgehead atoms. The van der Waals surface area contributed by atoms with Gasteiger partial charge in [-0.3, -0.25) is 4.79 Å². The molecule has 0 heterocycles. The summed E-state index contributed by atoms with van der Waals surface area (Å²) in [5.41, 5.74) is 0. The predicted molar refractivity (Wildman–Crippen MR) is 78.6 cm³/mol. The first kappa shape index (κ1) is 16.8. The second kappa shape index (κ2) is 8.82. The SMILES string of the molecule is CCC(CCNC(=O)NCC(C)C1CC1)CCC(=O)O.